The number of hydrogen-bond acceptors (Lipinski definition) is 5. The quantitative estimate of drug-likeness (QED) is 0.578. The van der Waals surface area contributed by atoms with Crippen molar-refractivity contribution in [1.29, 1.82) is 0 Å². The van der Waals surface area contributed by atoms with E-state index in [9.17, 15) is 4.79 Å². The third-order valence-electron chi connectivity index (χ3n) is 3.55. The average molecular weight is 316 g/mol. The van der Waals surface area contributed by atoms with Crippen molar-refractivity contribution in [3.63, 3.8) is 0 Å². The number of likely N-dealkylation sites (tertiary alicyclic amines) is 1. The summed E-state index contributed by atoms with van der Waals surface area (Å²) in [4.78, 5) is 19.6. The van der Waals surface area contributed by atoms with Crippen LogP contribution in [-0.4, -0.2) is 55.5 Å². The fraction of sp³-hybridized carbons (Fsp3) is 0.938. The van der Waals surface area contributed by atoms with Crippen molar-refractivity contribution in [2.24, 2.45) is 0 Å². The molecule has 1 rings (SSSR count). The van der Waals surface area contributed by atoms with Crippen LogP contribution < -0.4 is 5.48 Å². The third-order valence-corrected chi connectivity index (χ3v) is 3.55. The van der Waals surface area contributed by atoms with Gasteiger partial charge in [0.25, 0.3) is 0 Å². The maximum absolute atomic E-state index is 12.3. The second-order valence-electron chi connectivity index (χ2n) is 6.92. The summed E-state index contributed by atoms with van der Waals surface area (Å²) >= 11 is 0. The van der Waals surface area contributed by atoms with Crippen molar-refractivity contribution in [3.8, 4) is 0 Å². The highest BCUT2D eigenvalue weighted by atomic mass is 16.7. The van der Waals surface area contributed by atoms with Crippen LogP contribution in [0.1, 0.15) is 53.4 Å². The highest BCUT2D eigenvalue weighted by molar-refractivity contribution is 5.68. The third kappa shape index (κ3) is 7.42. The average Bonchev–Trinajstić information content (AvgIpc) is 2.42. The maximum atomic E-state index is 12.3. The molecule has 0 radical (unpaired) electrons. The maximum Gasteiger partial charge on any atom is 0.410 e. The molecule has 0 aromatic heterocycles. The molecule has 1 amide bonds. The number of hydrogen-bond donors (Lipinski definition) is 1. The minimum Gasteiger partial charge on any atom is -0.444 e. The number of nitrogens with one attached hydrogen (secondary N) is 1. The predicted octanol–water partition coefficient (Wildman–Crippen LogP) is 2.72. The Morgan fingerprint density at radius 1 is 1.32 bits per heavy atom. The van der Waals surface area contributed by atoms with E-state index in [1.54, 1.807) is 7.11 Å². The summed E-state index contributed by atoms with van der Waals surface area (Å²) in [6, 6.07) is 0.377. The van der Waals surface area contributed by atoms with E-state index >= 15 is 0 Å². The smallest absolute Gasteiger partial charge is 0.410 e. The van der Waals surface area contributed by atoms with E-state index in [1.165, 1.54) is 0 Å². The topological polar surface area (TPSA) is 60.0 Å². The first kappa shape index (κ1) is 19.2. The zero-order valence-electron chi connectivity index (χ0n) is 14.7. The summed E-state index contributed by atoms with van der Waals surface area (Å²) in [5, 5.41) is 0. The molecule has 130 valence electrons. The monoisotopic (exact) mass is 316 g/mol. The normalized spacial score (nSPS) is 20.8. The van der Waals surface area contributed by atoms with E-state index in [-0.39, 0.29) is 18.2 Å². The summed E-state index contributed by atoms with van der Waals surface area (Å²) < 4.78 is 10.5. The summed E-state index contributed by atoms with van der Waals surface area (Å²) in [6.07, 6.45) is 3.86. The summed E-state index contributed by atoms with van der Waals surface area (Å²) in [7, 11) is 1.65. The van der Waals surface area contributed by atoms with Gasteiger partial charge in [0.05, 0.1) is 13.2 Å². The fourth-order valence-electron chi connectivity index (χ4n) is 2.59. The highest BCUT2D eigenvalue weighted by Crippen LogP contribution is 2.23. The first-order chi connectivity index (χ1) is 10.3. The molecule has 1 N–H and O–H groups in total. The summed E-state index contributed by atoms with van der Waals surface area (Å²) in [5.41, 5.74) is 2.56. The van der Waals surface area contributed by atoms with Crippen LogP contribution in [0.4, 0.5) is 4.79 Å². The van der Waals surface area contributed by atoms with Crippen LogP contribution in [0.15, 0.2) is 0 Å². The highest BCUT2D eigenvalue weighted by Gasteiger charge is 2.31. The molecule has 1 aliphatic heterocycles. The first-order valence-electron chi connectivity index (χ1n) is 8.19. The van der Waals surface area contributed by atoms with E-state index in [0.29, 0.717) is 13.2 Å². The van der Waals surface area contributed by atoms with Crippen LogP contribution in [0, 0.1) is 0 Å². The Morgan fingerprint density at radius 3 is 2.68 bits per heavy atom. The lowest BCUT2D eigenvalue weighted by molar-refractivity contribution is -0.0207. The molecule has 2 unspecified atom stereocenters. The van der Waals surface area contributed by atoms with Gasteiger partial charge in [-0.1, -0.05) is 0 Å². The number of carbonyl (C=O) groups excluding carboxylic acids is 1. The second-order valence-corrected chi connectivity index (χ2v) is 6.92. The Balaban J connectivity index is 2.45. The number of amides is 1. The molecule has 0 bridgehead atoms. The number of ether oxygens (including phenoxy) is 2. The van der Waals surface area contributed by atoms with Crippen molar-refractivity contribution in [2.75, 3.05) is 26.9 Å². The zero-order chi connectivity index (χ0) is 16.6. The van der Waals surface area contributed by atoms with Gasteiger partial charge in [-0.25, -0.2) is 4.79 Å². The van der Waals surface area contributed by atoms with Gasteiger partial charge in [-0.2, -0.15) is 5.48 Å². The molecule has 6 nitrogen and oxygen atoms in total. The van der Waals surface area contributed by atoms with Gasteiger partial charge in [0.2, 0.25) is 0 Å². The minimum atomic E-state index is -0.452. The van der Waals surface area contributed by atoms with E-state index in [0.717, 1.165) is 32.2 Å². The molecule has 22 heavy (non-hydrogen) atoms. The van der Waals surface area contributed by atoms with Gasteiger partial charge in [-0.3, -0.25) is 4.84 Å². The van der Waals surface area contributed by atoms with Gasteiger partial charge in [0.1, 0.15) is 5.60 Å². The number of piperidine rings is 1. The SMILES string of the molecule is COCCONC(C)CC1CCCCN1C(=O)OC(C)(C)C. The molecule has 1 heterocycles. The van der Waals surface area contributed by atoms with Gasteiger partial charge >= 0.3 is 6.09 Å². The Labute approximate surface area is 134 Å². The Kier molecular flexibility index (Phi) is 8.14. The van der Waals surface area contributed by atoms with E-state index in [1.807, 2.05) is 25.7 Å². The number of carbonyl (C=O) groups is 1. The van der Waals surface area contributed by atoms with Crippen LogP contribution in [0.5, 0.6) is 0 Å². The lowest BCUT2D eigenvalue weighted by atomic mass is 9.97. The number of nitrogens with zero attached hydrogens (tertiary/aromatic N) is 1. The molecular formula is C16H32N2O4. The minimum absolute atomic E-state index is 0.171. The molecule has 2 atom stereocenters. The van der Waals surface area contributed by atoms with Gasteiger partial charge in [-0.15, -0.1) is 0 Å². The molecule has 1 fully saturated rings. The van der Waals surface area contributed by atoms with Gasteiger partial charge < -0.3 is 14.4 Å². The van der Waals surface area contributed by atoms with Crippen molar-refractivity contribution in [3.05, 3.63) is 0 Å². The standard InChI is InChI=1S/C16H32N2O4/c1-13(17-21-11-10-20-5)12-14-8-6-7-9-18(14)15(19)22-16(2,3)4/h13-14,17H,6-12H2,1-5H3. The van der Waals surface area contributed by atoms with Crippen molar-refractivity contribution in [1.82, 2.24) is 10.4 Å². The number of methoxy groups -OCH3 is 1. The van der Waals surface area contributed by atoms with Crippen molar-refractivity contribution < 1.29 is 19.1 Å². The van der Waals surface area contributed by atoms with Crippen molar-refractivity contribution in [2.45, 2.75) is 71.1 Å². The van der Waals surface area contributed by atoms with E-state index in [4.69, 9.17) is 14.3 Å². The van der Waals surface area contributed by atoms with Crippen LogP contribution in [0.2, 0.25) is 0 Å². The molecule has 0 aliphatic carbocycles. The number of hydroxylamine groups is 1. The lowest BCUT2D eigenvalue weighted by Crippen LogP contribution is -2.48. The van der Waals surface area contributed by atoms with Crippen LogP contribution in [0.25, 0.3) is 0 Å². The van der Waals surface area contributed by atoms with Gasteiger partial charge in [0, 0.05) is 25.7 Å². The molecule has 0 saturated carbocycles. The van der Waals surface area contributed by atoms with Crippen LogP contribution in [-0.2, 0) is 14.3 Å². The fourth-order valence-corrected chi connectivity index (χ4v) is 2.59. The van der Waals surface area contributed by atoms with Crippen molar-refractivity contribution >= 4 is 6.09 Å². The second kappa shape index (κ2) is 9.33. The summed E-state index contributed by atoms with van der Waals surface area (Å²) in [5.74, 6) is 0. The molecule has 6 heteroatoms. The molecule has 0 aromatic rings. The lowest BCUT2D eigenvalue weighted by Gasteiger charge is -2.37. The Hall–Kier alpha value is -0.850. The molecule has 1 saturated heterocycles. The largest absolute Gasteiger partial charge is 0.444 e. The van der Waals surface area contributed by atoms with Crippen LogP contribution >= 0.6 is 0 Å². The Bertz CT molecular complexity index is 331. The first-order valence-corrected chi connectivity index (χ1v) is 8.19. The Morgan fingerprint density at radius 2 is 2.05 bits per heavy atom. The van der Waals surface area contributed by atoms with Gasteiger partial charge in [-0.05, 0) is 53.4 Å². The van der Waals surface area contributed by atoms with E-state index in [2.05, 4.69) is 12.4 Å². The molecule has 1 aliphatic rings. The molecular weight excluding hydrogens is 284 g/mol. The number of rotatable bonds is 7. The predicted molar refractivity (Wildman–Crippen MR) is 85.6 cm³/mol. The molecule has 0 spiro atoms. The molecule has 0 aromatic carbocycles. The zero-order valence-corrected chi connectivity index (χ0v) is 14.7. The van der Waals surface area contributed by atoms with E-state index < -0.39 is 5.60 Å². The van der Waals surface area contributed by atoms with Gasteiger partial charge in [0.15, 0.2) is 0 Å². The summed E-state index contributed by atoms with van der Waals surface area (Å²) in [6.45, 7) is 9.62. The van der Waals surface area contributed by atoms with Crippen LogP contribution in [0.3, 0.4) is 0 Å².